The average molecular weight is 412 g/mol. The summed E-state index contributed by atoms with van der Waals surface area (Å²) in [6.07, 6.45) is 1.23. The number of likely N-dealkylation sites (N-methyl/N-ethyl adjacent to an activating group) is 1. The topological polar surface area (TPSA) is 16.2 Å². The first-order valence-corrected chi connectivity index (χ1v) is 12.3. The maximum Gasteiger partial charge on any atom is 0.0115 e. The fraction of sp³-hybridized carbons (Fsp3) is 1.00. The van der Waals surface area contributed by atoms with Crippen LogP contribution in [0.3, 0.4) is 0 Å². The highest BCUT2D eigenvalue weighted by atomic mass is 15.3. The highest BCUT2D eigenvalue weighted by Gasteiger charge is 2.20. The molecule has 0 radical (unpaired) electrons. The van der Waals surface area contributed by atoms with Crippen LogP contribution in [0.4, 0.5) is 0 Å². The Hall–Kier alpha value is -0.200. The molecule has 0 N–H and O–H groups in total. The molecule has 0 spiro atoms. The van der Waals surface area contributed by atoms with Gasteiger partial charge in [0.05, 0.1) is 0 Å². The molecule has 1 heterocycles. The van der Waals surface area contributed by atoms with Crippen LogP contribution in [-0.4, -0.2) is 121 Å². The minimum absolute atomic E-state index is 0.625. The molecule has 1 aliphatic rings. The molecular formula is C24H53N5. The largest absolute Gasteiger partial charge is 0.302 e. The molecule has 0 bridgehead atoms. The highest BCUT2D eigenvalue weighted by Crippen LogP contribution is 2.08. The smallest absolute Gasteiger partial charge is 0.0115 e. The van der Waals surface area contributed by atoms with Crippen molar-refractivity contribution in [1.82, 2.24) is 24.5 Å². The van der Waals surface area contributed by atoms with Gasteiger partial charge in [0.25, 0.3) is 0 Å². The standard InChI is InChI=1S/C24H53N5/c1-10-24(8)25(9)11-18-28(21(2)3)19-16-26-12-14-27(15-13-26)17-20-29(22(4)5)23(6)7/h21-24H,10-20H2,1-9H3. The van der Waals surface area contributed by atoms with E-state index in [2.05, 4.69) is 86.9 Å². The van der Waals surface area contributed by atoms with Crippen molar-refractivity contribution in [3.8, 4) is 0 Å². The summed E-state index contributed by atoms with van der Waals surface area (Å²) >= 11 is 0. The van der Waals surface area contributed by atoms with E-state index in [1.54, 1.807) is 0 Å². The van der Waals surface area contributed by atoms with Gasteiger partial charge in [0, 0.05) is 89.6 Å². The van der Waals surface area contributed by atoms with Gasteiger partial charge in [-0.25, -0.2) is 0 Å². The SMILES string of the molecule is CCC(C)N(C)CCN(CCN1CCN(CCN(C(C)C)C(C)C)CC1)C(C)C. The van der Waals surface area contributed by atoms with E-state index in [0.717, 1.165) is 0 Å². The zero-order valence-corrected chi connectivity index (χ0v) is 21.3. The van der Waals surface area contributed by atoms with Gasteiger partial charge in [0.15, 0.2) is 0 Å². The van der Waals surface area contributed by atoms with E-state index >= 15 is 0 Å². The summed E-state index contributed by atoms with van der Waals surface area (Å²) in [5.41, 5.74) is 0. The molecule has 1 atom stereocenters. The van der Waals surface area contributed by atoms with Crippen LogP contribution >= 0.6 is 0 Å². The van der Waals surface area contributed by atoms with Crippen LogP contribution in [0.2, 0.25) is 0 Å². The van der Waals surface area contributed by atoms with Crippen molar-refractivity contribution in [1.29, 1.82) is 0 Å². The van der Waals surface area contributed by atoms with Crippen LogP contribution in [-0.2, 0) is 0 Å². The lowest BCUT2D eigenvalue weighted by Crippen LogP contribution is -2.51. The van der Waals surface area contributed by atoms with E-state index in [9.17, 15) is 0 Å². The van der Waals surface area contributed by atoms with Gasteiger partial charge in [-0.2, -0.15) is 0 Å². The Morgan fingerprint density at radius 3 is 1.55 bits per heavy atom. The molecular weight excluding hydrogens is 358 g/mol. The molecule has 0 aromatic heterocycles. The molecule has 0 aromatic carbocycles. The maximum absolute atomic E-state index is 2.67. The second kappa shape index (κ2) is 14.0. The third kappa shape index (κ3) is 10.1. The first-order chi connectivity index (χ1) is 13.6. The zero-order chi connectivity index (χ0) is 22.0. The Kier molecular flexibility index (Phi) is 12.9. The fourth-order valence-corrected chi connectivity index (χ4v) is 4.32. The molecule has 5 heteroatoms. The number of piperazine rings is 1. The molecule has 1 saturated heterocycles. The lowest BCUT2D eigenvalue weighted by Gasteiger charge is -2.38. The molecule has 0 aromatic rings. The van der Waals surface area contributed by atoms with Crippen LogP contribution < -0.4 is 0 Å². The predicted octanol–water partition coefficient (Wildman–Crippen LogP) is 3.16. The van der Waals surface area contributed by atoms with Crippen LogP contribution in [0.5, 0.6) is 0 Å². The van der Waals surface area contributed by atoms with Crippen LogP contribution in [0.15, 0.2) is 0 Å². The Labute approximate surface area is 183 Å². The third-order valence-corrected chi connectivity index (χ3v) is 6.98. The lowest BCUT2D eigenvalue weighted by molar-refractivity contribution is 0.0881. The summed E-state index contributed by atoms with van der Waals surface area (Å²) in [4.78, 5) is 13.1. The lowest BCUT2D eigenvalue weighted by atomic mass is 10.2. The average Bonchev–Trinajstić information content (AvgIpc) is 2.67. The second-order valence-electron chi connectivity index (χ2n) is 9.98. The number of hydrogen-bond donors (Lipinski definition) is 0. The highest BCUT2D eigenvalue weighted by molar-refractivity contribution is 4.77. The van der Waals surface area contributed by atoms with Crippen molar-refractivity contribution >= 4 is 0 Å². The van der Waals surface area contributed by atoms with Gasteiger partial charge < -0.3 is 4.90 Å². The second-order valence-corrected chi connectivity index (χ2v) is 9.98. The molecule has 174 valence electrons. The maximum atomic E-state index is 2.67. The molecule has 1 aliphatic heterocycles. The monoisotopic (exact) mass is 411 g/mol. The van der Waals surface area contributed by atoms with Crippen molar-refractivity contribution in [3.05, 3.63) is 0 Å². The molecule has 1 unspecified atom stereocenters. The molecule has 0 aliphatic carbocycles. The number of rotatable bonds is 14. The van der Waals surface area contributed by atoms with Crippen molar-refractivity contribution in [2.24, 2.45) is 0 Å². The summed E-state index contributed by atoms with van der Waals surface area (Å²) in [6.45, 7) is 30.6. The Bertz CT molecular complexity index is 396. The van der Waals surface area contributed by atoms with Crippen molar-refractivity contribution in [3.63, 3.8) is 0 Å². The van der Waals surface area contributed by atoms with Gasteiger partial charge in [-0.15, -0.1) is 0 Å². The van der Waals surface area contributed by atoms with Gasteiger partial charge >= 0.3 is 0 Å². The van der Waals surface area contributed by atoms with Crippen molar-refractivity contribution < 1.29 is 0 Å². The van der Waals surface area contributed by atoms with Gasteiger partial charge in [0.1, 0.15) is 0 Å². The van der Waals surface area contributed by atoms with Crippen molar-refractivity contribution in [2.45, 2.75) is 86.0 Å². The fourth-order valence-electron chi connectivity index (χ4n) is 4.32. The van der Waals surface area contributed by atoms with E-state index in [1.165, 1.54) is 71.9 Å². The molecule has 0 amide bonds. The third-order valence-electron chi connectivity index (χ3n) is 6.98. The quantitative estimate of drug-likeness (QED) is 0.435. The van der Waals surface area contributed by atoms with E-state index in [1.807, 2.05) is 0 Å². The molecule has 5 nitrogen and oxygen atoms in total. The summed E-state index contributed by atoms with van der Waals surface area (Å²) in [6, 6.07) is 2.58. The molecule has 0 saturated carbocycles. The van der Waals surface area contributed by atoms with Crippen LogP contribution in [0.25, 0.3) is 0 Å². The van der Waals surface area contributed by atoms with E-state index < -0.39 is 0 Å². The number of hydrogen-bond acceptors (Lipinski definition) is 5. The minimum atomic E-state index is 0.625. The van der Waals surface area contributed by atoms with Gasteiger partial charge in [-0.05, 0) is 61.9 Å². The molecule has 29 heavy (non-hydrogen) atoms. The predicted molar refractivity (Wildman–Crippen MR) is 129 cm³/mol. The summed E-state index contributed by atoms with van der Waals surface area (Å²) < 4.78 is 0. The normalized spacial score (nSPS) is 18.3. The van der Waals surface area contributed by atoms with E-state index in [-0.39, 0.29) is 0 Å². The Morgan fingerprint density at radius 2 is 1.14 bits per heavy atom. The van der Waals surface area contributed by atoms with Gasteiger partial charge in [-0.3, -0.25) is 19.6 Å². The summed E-state index contributed by atoms with van der Waals surface area (Å²) in [7, 11) is 2.27. The van der Waals surface area contributed by atoms with E-state index in [0.29, 0.717) is 24.2 Å². The van der Waals surface area contributed by atoms with Gasteiger partial charge in [0.2, 0.25) is 0 Å². The minimum Gasteiger partial charge on any atom is -0.302 e. The summed E-state index contributed by atoms with van der Waals surface area (Å²) in [5.74, 6) is 0. The number of nitrogens with zero attached hydrogens (tertiary/aromatic N) is 5. The van der Waals surface area contributed by atoms with Crippen molar-refractivity contribution in [2.75, 3.05) is 72.5 Å². The zero-order valence-electron chi connectivity index (χ0n) is 21.3. The molecule has 1 rings (SSSR count). The van der Waals surface area contributed by atoms with E-state index in [4.69, 9.17) is 0 Å². The Balaban J connectivity index is 2.32. The Morgan fingerprint density at radius 1 is 0.655 bits per heavy atom. The first-order valence-electron chi connectivity index (χ1n) is 12.3. The van der Waals surface area contributed by atoms with Crippen LogP contribution in [0.1, 0.15) is 61.8 Å². The van der Waals surface area contributed by atoms with Gasteiger partial charge in [-0.1, -0.05) is 6.92 Å². The molecule has 1 fully saturated rings. The first kappa shape index (κ1) is 26.8. The van der Waals surface area contributed by atoms with Crippen LogP contribution in [0, 0.1) is 0 Å². The summed E-state index contributed by atoms with van der Waals surface area (Å²) in [5, 5.41) is 0.